The van der Waals surface area contributed by atoms with E-state index in [0.717, 1.165) is 30.3 Å². The zero-order valence-electron chi connectivity index (χ0n) is 15.5. The van der Waals surface area contributed by atoms with Gasteiger partial charge in [-0.1, -0.05) is 18.2 Å². The molecule has 1 fully saturated rings. The predicted octanol–water partition coefficient (Wildman–Crippen LogP) is 2.54. The summed E-state index contributed by atoms with van der Waals surface area (Å²) in [6, 6.07) is 5.93. The van der Waals surface area contributed by atoms with Crippen LogP contribution in [0.3, 0.4) is 0 Å². The molecule has 0 spiro atoms. The van der Waals surface area contributed by atoms with Gasteiger partial charge in [0.1, 0.15) is 11.9 Å². The van der Waals surface area contributed by atoms with Crippen molar-refractivity contribution in [2.75, 3.05) is 40.3 Å². The van der Waals surface area contributed by atoms with Gasteiger partial charge in [-0.15, -0.1) is 11.3 Å². The van der Waals surface area contributed by atoms with Crippen LogP contribution in [0.15, 0.2) is 29.6 Å². The van der Waals surface area contributed by atoms with Crippen molar-refractivity contribution in [3.05, 3.63) is 51.7 Å². The monoisotopic (exact) mass is 376 g/mol. The number of carbonyl (C=O) groups is 1. The number of aromatic nitrogens is 1. The van der Waals surface area contributed by atoms with Gasteiger partial charge in [-0.2, -0.15) is 0 Å². The van der Waals surface area contributed by atoms with Crippen molar-refractivity contribution in [1.29, 1.82) is 0 Å². The number of nitrogens with zero attached hydrogens (tertiary/aromatic N) is 4. The van der Waals surface area contributed by atoms with E-state index < -0.39 is 6.04 Å². The Morgan fingerprint density at radius 1 is 1.27 bits per heavy atom. The summed E-state index contributed by atoms with van der Waals surface area (Å²) in [5.41, 5.74) is 1.52. The van der Waals surface area contributed by atoms with E-state index in [4.69, 9.17) is 0 Å². The van der Waals surface area contributed by atoms with Crippen LogP contribution >= 0.6 is 11.3 Å². The smallest absolute Gasteiger partial charge is 0.244 e. The molecule has 1 amide bonds. The zero-order valence-corrected chi connectivity index (χ0v) is 16.3. The van der Waals surface area contributed by atoms with E-state index in [9.17, 15) is 9.18 Å². The maximum Gasteiger partial charge on any atom is 0.244 e. The number of hydrogen-bond donors (Lipinski definition) is 0. The summed E-state index contributed by atoms with van der Waals surface area (Å²) >= 11 is 1.66. The van der Waals surface area contributed by atoms with Gasteiger partial charge in [0.15, 0.2) is 0 Å². The second kappa shape index (κ2) is 8.24. The van der Waals surface area contributed by atoms with E-state index in [2.05, 4.69) is 15.3 Å². The molecule has 1 saturated heterocycles. The molecule has 0 radical (unpaired) electrons. The minimum absolute atomic E-state index is 0.0377. The fourth-order valence-electron chi connectivity index (χ4n) is 3.34. The SMILES string of the molecule is Cc1nc(CN2CCN(C(=O)[C@H](c3ccccc3F)N(C)C)CC2)cs1. The number of likely N-dealkylation sites (N-methyl/N-ethyl adjacent to an activating group) is 1. The average Bonchev–Trinajstić information content (AvgIpc) is 3.02. The van der Waals surface area contributed by atoms with Crippen LogP contribution in [0.4, 0.5) is 4.39 Å². The molecule has 1 aliphatic rings. The fourth-order valence-corrected chi connectivity index (χ4v) is 3.94. The Hall–Kier alpha value is -1.83. The minimum Gasteiger partial charge on any atom is -0.338 e. The normalized spacial score (nSPS) is 16.9. The summed E-state index contributed by atoms with van der Waals surface area (Å²) in [5, 5.41) is 3.17. The standard InChI is InChI=1S/C19H25FN4OS/c1-14-21-15(13-26-14)12-23-8-10-24(11-9-23)19(25)18(22(2)3)16-6-4-5-7-17(16)20/h4-7,13,18H,8-12H2,1-3H3/t18-/m0/s1. The Morgan fingerprint density at radius 3 is 2.54 bits per heavy atom. The summed E-state index contributed by atoms with van der Waals surface area (Å²) in [7, 11) is 3.63. The molecule has 26 heavy (non-hydrogen) atoms. The maximum atomic E-state index is 14.2. The Bertz CT molecular complexity index is 756. The molecule has 140 valence electrons. The molecule has 0 saturated carbocycles. The van der Waals surface area contributed by atoms with Gasteiger partial charge in [-0.05, 0) is 27.1 Å². The number of rotatable bonds is 5. The van der Waals surface area contributed by atoms with Crippen molar-refractivity contribution in [2.45, 2.75) is 19.5 Å². The lowest BCUT2D eigenvalue weighted by Gasteiger charge is -2.37. The van der Waals surface area contributed by atoms with Gasteiger partial charge in [0, 0.05) is 43.7 Å². The van der Waals surface area contributed by atoms with Gasteiger partial charge in [0.25, 0.3) is 0 Å². The van der Waals surface area contributed by atoms with Gasteiger partial charge in [-0.3, -0.25) is 14.6 Å². The van der Waals surface area contributed by atoms with Crippen LogP contribution in [0, 0.1) is 12.7 Å². The molecule has 2 aromatic rings. The topological polar surface area (TPSA) is 39.7 Å². The molecule has 0 bridgehead atoms. The van der Waals surface area contributed by atoms with Crippen molar-refractivity contribution in [3.63, 3.8) is 0 Å². The fraction of sp³-hybridized carbons (Fsp3) is 0.474. The first kappa shape index (κ1) is 18.9. The molecular weight excluding hydrogens is 351 g/mol. The summed E-state index contributed by atoms with van der Waals surface area (Å²) in [4.78, 5) is 23.5. The van der Waals surface area contributed by atoms with E-state index in [-0.39, 0.29) is 11.7 Å². The third-order valence-electron chi connectivity index (χ3n) is 4.69. The lowest BCUT2D eigenvalue weighted by atomic mass is 10.0. The predicted molar refractivity (Wildman–Crippen MR) is 102 cm³/mol. The third kappa shape index (κ3) is 4.28. The first-order valence-electron chi connectivity index (χ1n) is 8.78. The first-order valence-corrected chi connectivity index (χ1v) is 9.66. The number of aryl methyl sites for hydroxylation is 1. The second-order valence-electron chi connectivity index (χ2n) is 6.85. The number of benzene rings is 1. The minimum atomic E-state index is -0.594. The molecule has 0 aliphatic carbocycles. The Morgan fingerprint density at radius 2 is 1.96 bits per heavy atom. The number of piperazine rings is 1. The molecule has 7 heteroatoms. The number of amides is 1. The van der Waals surface area contributed by atoms with Crippen molar-refractivity contribution < 1.29 is 9.18 Å². The van der Waals surface area contributed by atoms with Gasteiger partial charge in [0.05, 0.1) is 10.7 Å². The molecule has 1 aromatic carbocycles. The first-order chi connectivity index (χ1) is 12.5. The molecule has 1 aromatic heterocycles. The molecule has 1 atom stereocenters. The molecule has 0 N–H and O–H groups in total. The van der Waals surface area contributed by atoms with E-state index in [1.165, 1.54) is 6.07 Å². The van der Waals surface area contributed by atoms with Gasteiger partial charge < -0.3 is 4.90 Å². The lowest BCUT2D eigenvalue weighted by Crippen LogP contribution is -2.51. The molecule has 5 nitrogen and oxygen atoms in total. The van der Waals surface area contributed by atoms with E-state index >= 15 is 0 Å². The summed E-state index contributed by atoms with van der Waals surface area (Å²) in [6.45, 7) is 5.74. The quantitative estimate of drug-likeness (QED) is 0.804. The molecule has 2 heterocycles. The zero-order chi connectivity index (χ0) is 18.7. The number of hydrogen-bond acceptors (Lipinski definition) is 5. The number of carbonyl (C=O) groups excluding carboxylic acids is 1. The second-order valence-corrected chi connectivity index (χ2v) is 7.91. The molecule has 0 unspecified atom stereocenters. The van der Waals surface area contributed by atoms with Gasteiger partial charge in [0.2, 0.25) is 5.91 Å². The Labute approximate surface area is 158 Å². The summed E-state index contributed by atoms with van der Waals surface area (Å²) in [5.74, 6) is -0.374. The third-order valence-corrected chi connectivity index (χ3v) is 5.51. The Balaban J connectivity index is 1.64. The Kier molecular flexibility index (Phi) is 6.01. The van der Waals surface area contributed by atoms with E-state index in [1.54, 1.807) is 34.4 Å². The van der Waals surface area contributed by atoms with Gasteiger partial charge in [-0.25, -0.2) is 9.37 Å². The van der Waals surface area contributed by atoms with Crippen molar-refractivity contribution in [1.82, 2.24) is 19.7 Å². The van der Waals surface area contributed by atoms with E-state index in [0.29, 0.717) is 18.7 Å². The van der Waals surface area contributed by atoms with Crippen molar-refractivity contribution >= 4 is 17.2 Å². The van der Waals surface area contributed by atoms with Crippen LogP contribution in [0.5, 0.6) is 0 Å². The average molecular weight is 377 g/mol. The molecule has 1 aliphatic heterocycles. The number of thiazole rings is 1. The van der Waals surface area contributed by atoms with Crippen molar-refractivity contribution in [3.8, 4) is 0 Å². The highest BCUT2D eigenvalue weighted by atomic mass is 32.1. The van der Waals surface area contributed by atoms with Gasteiger partial charge >= 0.3 is 0 Å². The highest BCUT2D eigenvalue weighted by molar-refractivity contribution is 7.09. The van der Waals surface area contributed by atoms with Crippen molar-refractivity contribution in [2.24, 2.45) is 0 Å². The van der Waals surface area contributed by atoms with Crippen LogP contribution in [0.2, 0.25) is 0 Å². The summed E-state index contributed by atoms with van der Waals surface area (Å²) < 4.78 is 14.2. The lowest BCUT2D eigenvalue weighted by molar-refractivity contribution is -0.138. The van der Waals surface area contributed by atoms with Crippen LogP contribution in [0.1, 0.15) is 22.3 Å². The number of halogens is 1. The van der Waals surface area contributed by atoms with Crippen LogP contribution < -0.4 is 0 Å². The van der Waals surface area contributed by atoms with Crippen LogP contribution in [0.25, 0.3) is 0 Å². The van der Waals surface area contributed by atoms with Crippen LogP contribution in [-0.4, -0.2) is 65.9 Å². The highest BCUT2D eigenvalue weighted by Gasteiger charge is 2.31. The molecular formula is C19H25FN4OS. The summed E-state index contributed by atoms with van der Waals surface area (Å²) in [6.07, 6.45) is 0. The van der Waals surface area contributed by atoms with Crippen LogP contribution in [-0.2, 0) is 11.3 Å². The van der Waals surface area contributed by atoms with E-state index in [1.807, 2.05) is 25.9 Å². The highest BCUT2D eigenvalue weighted by Crippen LogP contribution is 2.24. The largest absolute Gasteiger partial charge is 0.338 e. The molecule has 3 rings (SSSR count). The maximum absolute atomic E-state index is 14.2.